The number of carbonyl (C=O) groups is 1. The third-order valence-corrected chi connectivity index (χ3v) is 7.08. The van der Waals surface area contributed by atoms with Crippen molar-refractivity contribution in [1.82, 2.24) is 4.98 Å². The number of fused-ring (bicyclic) bond motifs is 1. The number of hydrogen-bond donors (Lipinski definition) is 0. The minimum absolute atomic E-state index is 0.105. The Morgan fingerprint density at radius 1 is 0.951 bits per heavy atom. The normalized spacial score (nSPS) is 12.8. The molecule has 0 spiro atoms. The number of anilines is 1. The topological polar surface area (TPSA) is 51.7 Å². The van der Waals surface area contributed by atoms with Gasteiger partial charge in [0.2, 0.25) is 0 Å². The summed E-state index contributed by atoms with van der Waals surface area (Å²) >= 11 is 6.29. The van der Waals surface area contributed by atoms with Crippen molar-refractivity contribution in [2.24, 2.45) is 5.41 Å². The molecule has 5 nitrogen and oxygen atoms in total. The Morgan fingerprint density at radius 2 is 1.61 bits per heavy atom. The molecule has 1 aromatic heterocycles. The van der Waals surface area contributed by atoms with Crippen LogP contribution in [0.4, 0.5) is 5.69 Å². The van der Waals surface area contributed by atoms with E-state index in [2.05, 4.69) is 49.2 Å². The molecule has 0 saturated carbocycles. The van der Waals surface area contributed by atoms with E-state index in [1.807, 2.05) is 84.0 Å². The van der Waals surface area contributed by atoms with E-state index >= 15 is 0 Å². The molecule has 0 aliphatic carbocycles. The largest absolute Gasteiger partial charge is 0.462 e. The van der Waals surface area contributed by atoms with Gasteiger partial charge in [0.15, 0.2) is 0 Å². The Morgan fingerprint density at radius 3 is 2.22 bits per heavy atom. The monoisotopic (exact) mass is 572 g/mol. The third-order valence-electron chi connectivity index (χ3n) is 6.82. The van der Waals surface area contributed by atoms with Crippen LogP contribution in [0, 0.1) is 12.3 Å². The maximum Gasteiger partial charge on any atom is 0.311 e. The summed E-state index contributed by atoms with van der Waals surface area (Å²) in [5.74, 6) is -0.264. The lowest BCUT2D eigenvalue weighted by Crippen LogP contribution is -2.30. The van der Waals surface area contributed by atoms with Crippen LogP contribution in [0.1, 0.15) is 64.5 Å². The predicted octanol–water partition coefficient (Wildman–Crippen LogP) is 8.95. The first-order chi connectivity index (χ1) is 19.2. The fraction of sp³-hybridized carbons (Fsp3) is 0.371. The fourth-order valence-electron chi connectivity index (χ4n) is 4.88. The molecule has 0 N–H and O–H groups in total. The Labute approximate surface area is 249 Å². The highest BCUT2D eigenvalue weighted by molar-refractivity contribution is 6.30. The number of hydrogen-bond acceptors (Lipinski definition) is 5. The van der Waals surface area contributed by atoms with E-state index in [-0.39, 0.29) is 12.6 Å². The Hall–Kier alpha value is -3.41. The lowest BCUT2D eigenvalue weighted by molar-refractivity contribution is -0.162. The van der Waals surface area contributed by atoms with Crippen molar-refractivity contribution in [1.29, 1.82) is 0 Å². The first kappa shape index (κ1) is 30.5. The van der Waals surface area contributed by atoms with Crippen LogP contribution >= 0.6 is 11.6 Å². The lowest BCUT2D eigenvalue weighted by Gasteiger charge is -2.31. The zero-order chi connectivity index (χ0) is 29.9. The average molecular weight is 573 g/mol. The molecule has 0 bridgehead atoms. The quantitative estimate of drug-likeness (QED) is 0.197. The second-order valence-corrected chi connectivity index (χ2v) is 13.1. The molecule has 0 fully saturated rings. The molecule has 0 amide bonds. The second kappa shape index (κ2) is 12.2. The molecular formula is C35H41ClN2O3. The van der Waals surface area contributed by atoms with Gasteiger partial charge in [-0.1, -0.05) is 48.0 Å². The summed E-state index contributed by atoms with van der Waals surface area (Å²) in [6.07, 6.45) is -0.486. The molecule has 3 aromatic carbocycles. The molecule has 1 atom stereocenters. The number of rotatable bonds is 8. The van der Waals surface area contributed by atoms with E-state index in [9.17, 15) is 4.79 Å². The summed E-state index contributed by atoms with van der Waals surface area (Å²) in [5, 5.41) is 1.67. The number of aromatic nitrogens is 1. The van der Waals surface area contributed by atoms with Crippen LogP contribution in [0.25, 0.3) is 22.0 Å². The number of benzene rings is 3. The summed E-state index contributed by atoms with van der Waals surface area (Å²) in [5.41, 5.74) is 5.92. The molecule has 0 radical (unpaired) electrons. The molecule has 41 heavy (non-hydrogen) atoms. The van der Waals surface area contributed by atoms with Gasteiger partial charge in [-0.05, 0) is 107 Å². The molecule has 0 aliphatic heterocycles. The van der Waals surface area contributed by atoms with Crippen LogP contribution in [-0.4, -0.2) is 30.2 Å². The first-order valence-corrected chi connectivity index (χ1v) is 14.4. The summed E-state index contributed by atoms with van der Waals surface area (Å²) in [6.45, 7) is 14.5. The van der Waals surface area contributed by atoms with Gasteiger partial charge in [-0.15, -0.1) is 0 Å². The Balaban J connectivity index is 1.85. The molecule has 1 heterocycles. The van der Waals surface area contributed by atoms with Gasteiger partial charge in [0.1, 0.15) is 12.7 Å². The van der Waals surface area contributed by atoms with Gasteiger partial charge in [-0.25, -0.2) is 0 Å². The zero-order valence-electron chi connectivity index (χ0n) is 25.4. The van der Waals surface area contributed by atoms with E-state index in [1.165, 1.54) is 0 Å². The number of aryl methyl sites for hydroxylation is 1. The molecule has 216 valence electrons. The highest BCUT2D eigenvalue weighted by atomic mass is 35.5. The van der Waals surface area contributed by atoms with Crippen LogP contribution in [0.3, 0.4) is 0 Å². The number of nitrogens with zero attached hydrogens (tertiary/aromatic N) is 2. The highest BCUT2D eigenvalue weighted by Gasteiger charge is 2.30. The van der Waals surface area contributed by atoms with Crippen molar-refractivity contribution in [3.05, 3.63) is 94.6 Å². The highest BCUT2D eigenvalue weighted by Crippen LogP contribution is 2.41. The van der Waals surface area contributed by atoms with Gasteiger partial charge in [0, 0.05) is 23.1 Å². The molecule has 0 aliphatic rings. The molecular weight excluding hydrogens is 532 g/mol. The van der Waals surface area contributed by atoms with Crippen LogP contribution in [-0.2, 0) is 20.8 Å². The lowest BCUT2D eigenvalue weighted by atomic mass is 9.88. The number of pyridine rings is 1. The van der Waals surface area contributed by atoms with Crippen LogP contribution in [0.15, 0.2) is 72.8 Å². The minimum atomic E-state index is -0.614. The number of esters is 1. The summed E-state index contributed by atoms with van der Waals surface area (Å²) in [6, 6.07) is 24.4. The average Bonchev–Trinajstić information content (AvgIpc) is 2.90. The SMILES string of the molecule is Cc1cc2nc(CN(C)c3ccccc3)ccc2c(-c2ccc(Cl)cc2)c1[C@H](COC(=O)C(C)(C)C)OC(C)(C)C. The van der Waals surface area contributed by atoms with Gasteiger partial charge >= 0.3 is 5.97 Å². The summed E-state index contributed by atoms with van der Waals surface area (Å²) in [4.78, 5) is 20.1. The van der Waals surface area contributed by atoms with E-state index in [1.54, 1.807) is 0 Å². The minimum Gasteiger partial charge on any atom is -0.462 e. The van der Waals surface area contributed by atoms with Gasteiger partial charge in [0.05, 0.1) is 28.8 Å². The first-order valence-electron chi connectivity index (χ1n) is 14.0. The van der Waals surface area contributed by atoms with Crippen molar-refractivity contribution in [3.8, 4) is 11.1 Å². The van der Waals surface area contributed by atoms with Gasteiger partial charge < -0.3 is 14.4 Å². The summed E-state index contributed by atoms with van der Waals surface area (Å²) in [7, 11) is 2.07. The number of carbonyl (C=O) groups excluding carboxylic acids is 1. The number of para-hydroxylation sites is 1. The standard InChI is InChI=1S/C35H41ClN2O3/c1-23-20-29-28(19-18-26(37-29)21-38(8)27-12-10-9-11-13-27)32(24-14-16-25(36)17-15-24)31(23)30(41-35(5,6)7)22-40-33(39)34(2,3)4/h9-20,30H,21-22H2,1-8H3/t30-/m0/s1. The molecule has 0 unspecified atom stereocenters. The maximum atomic E-state index is 12.8. The number of halogens is 1. The molecule has 6 heteroatoms. The van der Waals surface area contributed by atoms with Crippen molar-refractivity contribution in [2.75, 3.05) is 18.6 Å². The van der Waals surface area contributed by atoms with Gasteiger partial charge in [0.25, 0.3) is 0 Å². The molecule has 0 saturated heterocycles. The van der Waals surface area contributed by atoms with E-state index < -0.39 is 17.1 Å². The van der Waals surface area contributed by atoms with Crippen LogP contribution in [0.2, 0.25) is 5.02 Å². The zero-order valence-corrected chi connectivity index (χ0v) is 26.2. The second-order valence-electron chi connectivity index (χ2n) is 12.6. The van der Waals surface area contributed by atoms with Crippen molar-refractivity contribution < 1.29 is 14.3 Å². The molecule has 4 rings (SSSR count). The Bertz CT molecular complexity index is 1500. The predicted molar refractivity (Wildman–Crippen MR) is 169 cm³/mol. The summed E-state index contributed by atoms with van der Waals surface area (Å²) < 4.78 is 12.4. The number of ether oxygens (including phenoxy) is 2. The molecule has 4 aromatic rings. The van der Waals surface area contributed by atoms with E-state index in [0.29, 0.717) is 11.6 Å². The van der Waals surface area contributed by atoms with Crippen LogP contribution < -0.4 is 4.90 Å². The maximum absolute atomic E-state index is 12.8. The van der Waals surface area contributed by atoms with Crippen molar-refractivity contribution in [2.45, 2.75) is 66.7 Å². The Kier molecular flexibility index (Phi) is 9.10. The smallest absolute Gasteiger partial charge is 0.311 e. The van der Waals surface area contributed by atoms with E-state index in [0.717, 1.165) is 44.5 Å². The van der Waals surface area contributed by atoms with Gasteiger partial charge in [-0.3, -0.25) is 9.78 Å². The third kappa shape index (κ3) is 7.66. The fourth-order valence-corrected chi connectivity index (χ4v) is 5.01. The van der Waals surface area contributed by atoms with Crippen LogP contribution in [0.5, 0.6) is 0 Å². The van der Waals surface area contributed by atoms with E-state index in [4.69, 9.17) is 26.1 Å². The van der Waals surface area contributed by atoms with Gasteiger partial charge in [-0.2, -0.15) is 0 Å². The van der Waals surface area contributed by atoms with Crippen molar-refractivity contribution in [3.63, 3.8) is 0 Å². The van der Waals surface area contributed by atoms with Crippen molar-refractivity contribution >= 4 is 34.2 Å².